The third-order valence-corrected chi connectivity index (χ3v) is 6.23. The lowest BCUT2D eigenvalue weighted by Crippen LogP contribution is -2.52. The summed E-state index contributed by atoms with van der Waals surface area (Å²) in [6, 6.07) is 4.29. The lowest BCUT2D eigenvalue weighted by molar-refractivity contribution is -0.140. The molecule has 1 aromatic heterocycles. The molecule has 3 aliphatic heterocycles. The summed E-state index contributed by atoms with van der Waals surface area (Å²) in [4.78, 5) is 18.8. The largest absolute Gasteiger partial charge is 0.377 e. The summed E-state index contributed by atoms with van der Waals surface area (Å²) in [7, 11) is 0. The molecule has 1 amide bonds. The van der Waals surface area contributed by atoms with E-state index in [9.17, 15) is 4.79 Å². The number of nitrogens with zero attached hydrogens (tertiary/aromatic N) is 2. The van der Waals surface area contributed by atoms with Crippen LogP contribution in [0.15, 0.2) is 17.5 Å². The Kier molecular flexibility index (Phi) is 4.20. The Morgan fingerprint density at radius 1 is 1.32 bits per heavy atom. The minimum absolute atomic E-state index is 0.138. The molecule has 120 valence electrons. The Labute approximate surface area is 136 Å². The van der Waals surface area contributed by atoms with Crippen molar-refractivity contribution in [1.29, 1.82) is 0 Å². The maximum atomic E-state index is 12.9. The van der Waals surface area contributed by atoms with Crippen molar-refractivity contribution < 1.29 is 9.53 Å². The molecule has 3 atom stereocenters. The van der Waals surface area contributed by atoms with Gasteiger partial charge in [-0.05, 0) is 30.7 Å². The van der Waals surface area contributed by atoms with Gasteiger partial charge >= 0.3 is 0 Å². The first-order chi connectivity index (χ1) is 10.8. The smallest absolute Gasteiger partial charge is 0.227 e. The van der Waals surface area contributed by atoms with Crippen LogP contribution in [-0.4, -0.2) is 54.6 Å². The quantitative estimate of drug-likeness (QED) is 0.856. The SMILES string of the molecule is O=C([C@@H]1CN(Cc2cccs2)C[C@@H]2OCC[C@@H]21)N1CCCC1. The number of likely N-dealkylation sites (tertiary alicyclic amines) is 2. The molecule has 4 heterocycles. The number of rotatable bonds is 3. The van der Waals surface area contributed by atoms with Gasteiger partial charge in [0.1, 0.15) is 0 Å². The van der Waals surface area contributed by atoms with Gasteiger partial charge in [0.15, 0.2) is 0 Å². The zero-order valence-corrected chi connectivity index (χ0v) is 13.8. The van der Waals surface area contributed by atoms with Crippen LogP contribution in [0.5, 0.6) is 0 Å². The third kappa shape index (κ3) is 2.82. The van der Waals surface area contributed by atoms with Crippen molar-refractivity contribution in [2.45, 2.75) is 31.9 Å². The van der Waals surface area contributed by atoms with E-state index in [0.29, 0.717) is 11.8 Å². The fourth-order valence-corrected chi connectivity index (χ4v) is 4.99. The molecular weight excluding hydrogens is 296 g/mol. The van der Waals surface area contributed by atoms with Gasteiger partial charge in [0.25, 0.3) is 0 Å². The number of ether oxygens (including phenoxy) is 1. The monoisotopic (exact) mass is 320 g/mol. The second-order valence-electron chi connectivity index (χ2n) is 6.77. The molecule has 0 saturated carbocycles. The van der Waals surface area contributed by atoms with Gasteiger partial charge in [-0.3, -0.25) is 9.69 Å². The van der Waals surface area contributed by atoms with Crippen molar-refractivity contribution in [2.75, 3.05) is 32.8 Å². The number of thiophene rings is 1. The van der Waals surface area contributed by atoms with Gasteiger partial charge in [0.2, 0.25) is 5.91 Å². The number of amides is 1. The standard InChI is InChI=1S/C17H24N2O2S/c20-17(19-6-1-2-7-19)15-11-18(10-13-4-3-9-22-13)12-16-14(15)5-8-21-16/h3-4,9,14-16H,1-2,5-8,10-12H2/t14-,15-,16+/m1/s1. The van der Waals surface area contributed by atoms with Crippen molar-refractivity contribution >= 4 is 17.2 Å². The van der Waals surface area contributed by atoms with E-state index in [1.807, 2.05) is 0 Å². The maximum absolute atomic E-state index is 12.9. The molecule has 0 bridgehead atoms. The maximum Gasteiger partial charge on any atom is 0.227 e. The number of hydrogen-bond acceptors (Lipinski definition) is 4. The molecule has 0 aliphatic carbocycles. The van der Waals surface area contributed by atoms with Crippen LogP contribution in [0.3, 0.4) is 0 Å². The Bertz CT molecular complexity index is 513. The zero-order valence-electron chi connectivity index (χ0n) is 12.9. The first kappa shape index (κ1) is 14.7. The highest BCUT2D eigenvalue weighted by atomic mass is 32.1. The molecule has 0 spiro atoms. The molecule has 4 rings (SSSR count). The highest BCUT2D eigenvalue weighted by Crippen LogP contribution is 2.36. The van der Waals surface area contributed by atoms with Gasteiger partial charge in [-0.15, -0.1) is 11.3 Å². The Morgan fingerprint density at radius 2 is 2.18 bits per heavy atom. The zero-order chi connectivity index (χ0) is 14.9. The van der Waals surface area contributed by atoms with Gasteiger partial charge in [-0.2, -0.15) is 0 Å². The number of carbonyl (C=O) groups excluding carboxylic acids is 1. The van der Waals surface area contributed by atoms with E-state index < -0.39 is 0 Å². The van der Waals surface area contributed by atoms with Crippen molar-refractivity contribution in [3.8, 4) is 0 Å². The van der Waals surface area contributed by atoms with E-state index in [1.165, 1.54) is 17.7 Å². The van der Waals surface area contributed by atoms with Crippen LogP contribution in [0.4, 0.5) is 0 Å². The number of piperidine rings is 1. The van der Waals surface area contributed by atoms with Gasteiger partial charge in [-0.25, -0.2) is 0 Å². The molecule has 3 saturated heterocycles. The molecule has 1 aromatic rings. The van der Waals surface area contributed by atoms with Crippen LogP contribution < -0.4 is 0 Å². The fourth-order valence-electron chi connectivity index (χ4n) is 4.24. The first-order valence-electron chi connectivity index (χ1n) is 8.46. The van der Waals surface area contributed by atoms with Crippen LogP contribution in [-0.2, 0) is 16.1 Å². The topological polar surface area (TPSA) is 32.8 Å². The second-order valence-corrected chi connectivity index (χ2v) is 7.81. The lowest BCUT2D eigenvalue weighted by Gasteiger charge is -2.40. The molecule has 3 fully saturated rings. The Morgan fingerprint density at radius 3 is 2.95 bits per heavy atom. The molecule has 0 N–H and O–H groups in total. The predicted molar refractivity (Wildman–Crippen MR) is 86.7 cm³/mol. The highest BCUT2D eigenvalue weighted by molar-refractivity contribution is 7.09. The normalized spacial score (nSPS) is 32.4. The van der Waals surface area contributed by atoms with E-state index in [0.717, 1.165) is 45.8 Å². The summed E-state index contributed by atoms with van der Waals surface area (Å²) in [6.45, 7) is 5.57. The highest BCUT2D eigenvalue weighted by Gasteiger charge is 2.45. The summed E-state index contributed by atoms with van der Waals surface area (Å²) in [5.41, 5.74) is 0. The molecular formula is C17H24N2O2S. The average molecular weight is 320 g/mol. The van der Waals surface area contributed by atoms with Crippen LogP contribution in [0.25, 0.3) is 0 Å². The summed E-state index contributed by atoms with van der Waals surface area (Å²) >= 11 is 1.80. The number of fused-ring (bicyclic) bond motifs is 1. The van der Waals surface area contributed by atoms with E-state index in [2.05, 4.69) is 27.3 Å². The minimum atomic E-state index is 0.138. The van der Waals surface area contributed by atoms with Crippen molar-refractivity contribution in [3.05, 3.63) is 22.4 Å². The van der Waals surface area contributed by atoms with Crippen molar-refractivity contribution in [2.24, 2.45) is 11.8 Å². The molecule has 4 nitrogen and oxygen atoms in total. The van der Waals surface area contributed by atoms with E-state index in [4.69, 9.17) is 4.74 Å². The first-order valence-corrected chi connectivity index (χ1v) is 9.34. The molecule has 5 heteroatoms. The van der Waals surface area contributed by atoms with Crippen LogP contribution >= 0.6 is 11.3 Å². The molecule has 0 unspecified atom stereocenters. The molecule has 0 radical (unpaired) electrons. The third-order valence-electron chi connectivity index (χ3n) is 5.36. The van der Waals surface area contributed by atoms with E-state index >= 15 is 0 Å². The van der Waals surface area contributed by atoms with Gasteiger partial charge in [0.05, 0.1) is 12.0 Å². The fraction of sp³-hybridized carbons (Fsp3) is 0.706. The van der Waals surface area contributed by atoms with Crippen LogP contribution in [0.2, 0.25) is 0 Å². The van der Waals surface area contributed by atoms with Gasteiger partial charge in [0, 0.05) is 50.1 Å². The van der Waals surface area contributed by atoms with Crippen LogP contribution in [0, 0.1) is 11.8 Å². The lowest BCUT2D eigenvalue weighted by atomic mass is 9.82. The number of hydrogen-bond donors (Lipinski definition) is 0. The summed E-state index contributed by atoms with van der Waals surface area (Å²) < 4.78 is 5.94. The summed E-state index contributed by atoms with van der Waals surface area (Å²) in [5.74, 6) is 0.959. The molecule has 3 aliphatic rings. The van der Waals surface area contributed by atoms with Crippen molar-refractivity contribution in [1.82, 2.24) is 9.80 Å². The van der Waals surface area contributed by atoms with Gasteiger partial charge in [-0.1, -0.05) is 6.07 Å². The minimum Gasteiger partial charge on any atom is -0.377 e. The summed E-state index contributed by atoms with van der Waals surface area (Å²) in [6.07, 6.45) is 3.65. The molecule has 0 aromatic carbocycles. The predicted octanol–water partition coefficient (Wildman–Crippen LogP) is 2.21. The van der Waals surface area contributed by atoms with E-state index in [-0.39, 0.29) is 12.0 Å². The molecule has 22 heavy (non-hydrogen) atoms. The average Bonchev–Trinajstić information content (AvgIpc) is 3.27. The summed E-state index contributed by atoms with van der Waals surface area (Å²) in [5, 5.41) is 2.13. The number of carbonyl (C=O) groups is 1. The van der Waals surface area contributed by atoms with E-state index in [1.54, 1.807) is 11.3 Å². The van der Waals surface area contributed by atoms with Crippen LogP contribution in [0.1, 0.15) is 24.1 Å². The Balaban J connectivity index is 1.49. The Hall–Kier alpha value is -0.910. The second kappa shape index (κ2) is 6.30. The van der Waals surface area contributed by atoms with Crippen molar-refractivity contribution in [3.63, 3.8) is 0 Å². The van der Waals surface area contributed by atoms with Gasteiger partial charge < -0.3 is 9.64 Å².